The highest BCUT2D eigenvalue weighted by Gasteiger charge is 2.12. The van der Waals surface area contributed by atoms with Crippen molar-refractivity contribution in [2.24, 2.45) is 0 Å². The van der Waals surface area contributed by atoms with Gasteiger partial charge in [-0.25, -0.2) is 4.39 Å². The normalized spacial score (nSPS) is 9.85. The predicted molar refractivity (Wildman–Crippen MR) is 47.9 cm³/mol. The first-order valence-corrected chi connectivity index (χ1v) is 3.98. The number of benzene rings is 1. The van der Waals surface area contributed by atoms with Gasteiger partial charge in [0.1, 0.15) is 11.6 Å². The molecule has 0 spiro atoms. The van der Waals surface area contributed by atoms with E-state index in [0.29, 0.717) is 11.3 Å². The summed E-state index contributed by atoms with van der Waals surface area (Å²) in [5.74, 6) is -0.177. The SMILES string of the molecule is COc1cc(C(=O)Cl)c(F)cc1C. The zero-order valence-electron chi connectivity index (χ0n) is 7.23. The van der Waals surface area contributed by atoms with Gasteiger partial charge < -0.3 is 4.74 Å². The van der Waals surface area contributed by atoms with E-state index in [1.807, 2.05) is 0 Å². The molecule has 0 heterocycles. The Bertz CT molecular complexity index is 350. The van der Waals surface area contributed by atoms with Crippen LogP contribution in [0.5, 0.6) is 5.75 Å². The van der Waals surface area contributed by atoms with E-state index in [1.165, 1.54) is 19.2 Å². The summed E-state index contributed by atoms with van der Waals surface area (Å²) in [6, 6.07) is 2.51. The molecule has 1 rings (SSSR count). The van der Waals surface area contributed by atoms with Crippen molar-refractivity contribution in [1.29, 1.82) is 0 Å². The Kier molecular flexibility index (Phi) is 2.88. The van der Waals surface area contributed by atoms with Gasteiger partial charge in [0, 0.05) is 0 Å². The molecule has 0 aliphatic carbocycles. The smallest absolute Gasteiger partial charge is 0.255 e. The van der Waals surface area contributed by atoms with Crippen LogP contribution in [0.25, 0.3) is 0 Å². The molecule has 0 aromatic heterocycles. The monoisotopic (exact) mass is 202 g/mol. The van der Waals surface area contributed by atoms with E-state index < -0.39 is 11.1 Å². The highest BCUT2D eigenvalue weighted by Crippen LogP contribution is 2.22. The van der Waals surface area contributed by atoms with Gasteiger partial charge in [-0.3, -0.25) is 4.79 Å². The van der Waals surface area contributed by atoms with Crippen molar-refractivity contribution in [2.75, 3.05) is 7.11 Å². The fraction of sp³-hybridized carbons (Fsp3) is 0.222. The maximum atomic E-state index is 13.1. The number of carbonyl (C=O) groups excluding carboxylic acids is 1. The lowest BCUT2D eigenvalue weighted by molar-refractivity contribution is 0.107. The number of halogens is 2. The molecule has 0 fully saturated rings. The molecule has 0 unspecified atom stereocenters. The van der Waals surface area contributed by atoms with E-state index in [9.17, 15) is 9.18 Å². The molecule has 70 valence electrons. The molecular weight excluding hydrogens is 195 g/mol. The van der Waals surface area contributed by atoms with Crippen LogP contribution in [0.1, 0.15) is 15.9 Å². The lowest BCUT2D eigenvalue weighted by atomic mass is 10.1. The summed E-state index contributed by atoms with van der Waals surface area (Å²) in [4.78, 5) is 10.7. The van der Waals surface area contributed by atoms with Crippen LogP contribution in [0.3, 0.4) is 0 Å². The molecule has 1 aromatic rings. The van der Waals surface area contributed by atoms with Crippen LogP contribution in [0.2, 0.25) is 0 Å². The molecule has 0 amide bonds. The second kappa shape index (κ2) is 3.75. The van der Waals surface area contributed by atoms with E-state index in [2.05, 4.69) is 0 Å². The molecule has 1 aromatic carbocycles. The molecule has 13 heavy (non-hydrogen) atoms. The van der Waals surface area contributed by atoms with Crippen LogP contribution in [-0.2, 0) is 0 Å². The Balaban J connectivity index is 3.30. The largest absolute Gasteiger partial charge is 0.496 e. The fourth-order valence-electron chi connectivity index (χ4n) is 1.02. The summed E-state index contributed by atoms with van der Waals surface area (Å²) in [5.41, 5.74) is 0.464. The highest BCUT2D eigenvalue weighted by atomic mass is 35.5. The van der Waals surface area contributed by atoms with Gasteiger partial charge in [-0.2, -0.15) is 0 Å². The molecule has 4 heteroatoms. The van der Waals surface area contributed by atoms with Crippen molar-refractivity contribution in [3.63, 3.8) is 0 Å². The van der Waals surface area contributed by atoms with Crippen molar-refractivity contribution in [2.45, 2.75) is 6.92 Å². The van der Waals surface area contributed by atoms with Gasteiger partial charge >= 0.3 is 0 Å². The highest BCUT2D eigenvalue weighted by molar-refractivity contribution is 6.67. The molecule has 0 aliphatic rings. The van der Waals surface area contributed by atoms with E-state index in [0.717, 1.165) is 0 Å². The zero-order chi connectivity index (χ0) is 10.0. The maximum Gasteiger partial charge on any atom is 0.255 e. The quantitative estimate of drug-likeness (QED) is 0.689. The summed E-state index contributed by atoms with van der Waals surface area (Å²) in [7, 11) is 1.45. The molecule has 0 aliphatic heterocycles. The van der Waals surface area contributed by atoms with Crippen LogP contribution in [0.15, 0.2) is 12.1 Å². The first-order valence-electron chi connectivity index (χ1n) is 3.60. The minimum Gasteiger partial charge on any atom is -0.496 e. The number of hydrogen-bond donors (Lipinski definition) is 0. The van der Waals surface area contributed by atoms with Gasteiger partial charge in [0.15, 0.2) is 0 Å². The average molecular weight is 203 g/mol. The molecule has 0 saturated carbocycles. The Morgan fingerprint density at radius 3 is 2.62 bits per heavy atom. The fourth-order valence-corrected chi connectivity index (χ4v) is 1.17. The van der Waals surface area contributed by atoms with Crippen molar-refractivity contribution < 1.29 is 13.9 Å². The lowest BCUT2D eigenvalue weighted by Crippen LogP contribution is -1.97. The summed E-state index contributed by atoms with van der Waals surface area (Å²) in [6.45, 7) is 1.68. The first-order chi connectivity index (χ1) is 6.06. The molecular formula is C9H8ClFO2. The maximum absolute atomic E-state index is 13.1. The van der Waals surface area contributed by atoms with Crippen molar-refractivity contribution in [3.8, 4) is 5.75 Å². The Labute approximate surface area is 80.3 Å². The number of rotatable bonds is 2. The van der Waals surface area contributed by atoms with Gasteiger partial charge in [0.2, 0.25) is 0 Å². The van der Waals surface area contributed by atoms with E-state index in [-0.39, 0.29) is 5.56 Å². The van der Waals surface area contributed by atoms with Gasteiger partial charge in [0.05, 0.1) is 12.7 Å². The van der Waals surface area contributed by atoms with Crippen LogP contribution >= 0.6 is 11.6 Å². The lowest BCUT2D eigenvalue weighted by Gasteiger charge is -2.06. The van der Waals surface area contributed by atoms with Gasteiger partial charge in [-0.05, 0) is 36.2 Å². The van der Waals surface area contributed by atoms with Gasteiger partial charge in [-0.15, -0.1) is 0 Å². The van der Waals surface area contributed by atoms with Crippen molar-refractivity contribution in [3.05, 3.63) is 29.1 Å². The minimum absolute atomic E-state index is 0.163. The molecule has 0 atom stereocenters. The predicted octanol–water partition coefficient (Wildman–Crippen LogP) is 2.52. The van der Waals surface area contributed by atoms with E-state index in [1.54, 1.807) is 6.92 Å². The summed E-state index contributed by atoms with van der Waals surface area (Å²) < 4.78 is 18.0. The number of aryl methyl sites for hydroxylation is 1. The Hall–Kier alpha value is -1.09. The number of hydrogen-bond acceptors (Lipinski definition) is 2. The third kappa shape index (κ3) is 1.98. The Morgan fingerprint density at radius 1 is 1.54 bits per heavy atom. The number of carbonyl (C=O) groups is 1. The van der Waals surface area contributed by atoms with E-state index in [4.69, 9.17) is 16.3 Å². The molecule has 2 nitrogen and oxygen atoms in total. The third-order valence-corrected chi connectivity index (χ3v) is 1.90. The third-order valence-electron chi connectivity index (χ3n) is 1.70. The molecule has 0 bridgehead atoms. The summed E-state index contributed by atoms with van der Waals surface area (Å²) in [6.07, 6.45) is 0. The first kappa shape index (κ1) is 9.99. The van der Waals surface area contributed by atoms with Gasteiger partial charge in [0.25, 0.3) is 5.24 Å². The van der Waals surface area contributed by atoms with Crippen LogP contribution < -0.4 is 4.74 Å². The number of methoxy groups -OCH3 is 1. The average Bonchev–Trinajstić information content (AvgIpc) is 2.03. The van der Waals surface area contributed by atoms with E-state index >= 15 is 0 Å². The standard InChI is InChI=1S/C9H8ClFO2/c1-5-3-7(11)6(9(10)12)4-8(5)13-2/h3-4H,1-2H3. The summed E-state index contributed by atoms with van der Waals surface area (Å²) >= 11 is 5.16. The van der Waals surface area contributed by atoms with Crippen LogP contribution in [0.4, 0.5) is 4.39 Å². The minimum atomic E-state index is -0.823. The summed E-state index contributed by atoms with van der Waals surface area (Å²) in [5, 5.41) is -0.823. The van der Waals surface area contributed by atoms with Crippen molar-refractivity contribution in [1.82, 2.24) is 0 Å². The molecule has 0 N–H and O–H groups in total. The molecule has 0 radical (unpaired) electrons. The number of ether oxygens (including phenoxy) is 1. The zero-order valence-corrected chi connectivity index (χ0v) is 7.98. The van der Waals surface area contributed by atoms with Crippen molar-refractivity contribution >= 4 is 16.8 Å². The molecule has 0 saturated heterocycles. The Morgan fingerprint density at radius 2 is 2.15 bits per heavy atom. The second-order valence-electron chi connectivity index (χ2n) is 2.58. The topological polar surface area (TPSA) is 26.3 Å². The van der Waals surface area contributed by atoms with Crippen LogP contribution in [-0.4, -0.2) is 12.4 Å². The van der Waals surface area contributed by atoms with Gasteiger partial charge in [-0.1, -0.05) is 0 Å². The van der Waals surface area contributed by atoms with Crippen LogP contribution in [0, 0.1) is 12.7 Å². The second-order valence-corrected chi connectivity index (χ2v) is 2.92.